The van der Waals surface area contributed by atoms with Gasteiger partial charge in [-0.1, -0.05) is 89.4 Å². The van der Waals surface area contributed by atoms with Crippen LogP contribution >= 0.6 is 11.3 Å². The van der Waals surface area contributed by atoms with Gasteiger partial charge in [0.25, 0.3) is 0 Å². The first kappa shape index (κ1) is 35.5. The van der Waals surface area contributed by atoms with E-state index >= 15 is 0 Å². The number of nitrogens with zero attached hydrogens (tertiary/aromatic N) is 2. The number of aliphatic hydroxyl groups is 1. The summed E-state index contributed by atoms with van der Waals surface area (Å²) in [4.78, 5) is 17.3. The molecule has 249 valence electrons. The van der Waals surface area contributed by atoms with E-state index in [2.05, 4.69) is 95.6 Å². The fraction of sp³-hybridized carbons (Fsp3) is 0.286. The fourth-order valence-electron chi connectivity index (χ4n) is 6.30. The van der Waals surface area contributed by atoms with Crippen LogP contribution < -0.4 is 0 Å². The molecule has 1 radical (unpaired) electrons. The van der Waals surface area contributed by atoms with Crippen molar-refractivity contribution in [1.82, 2.24) is 9.55 Å². The number of allylic oxidation sites excluding steroid dienone is 2. The minimum atomic E-state index is -0.337. The molecule has 1 N–H and O–H groups in total. The molecule has 0 amide bonds. The number of aliphatic hydroxyl groups excluding tert-OH is 1. The second-order valence-electron chi connectivity index (χ2n) is 13.0. The van der Waals surface area contributed by atoms with E-state index in [-0.39, 0.29) is 42.5 Å². The molecule has 0 saturated carbocycles. The summed E-state index contributed by atoms with van der Waals surface area (Å²) in [5, 5.41) is 14.9. The van der Waals surface area contributed by atoms with E-state index in [1.54, 1.807) is 0 Å². The molecular formula is C42H43IrN2O2S-. The van der Waals surface area contributed by atoms with Gasteiger partial charge in [0.2, 0.25) is 0 Å². The molecule has 0 spiro atoms. The Morgan fingerprint density at radius 3 is 2.15 bits per heavy atom. The molecule has 6 heteroatoms. The van der Waals surface area contributed by atoms with Gasteiger partial charge >= 0.3 is 0 Å². The summed E-state index contributed by atoms with van der Waals surface area (Å²) >= 11 is 1.81. The average molecular weight is 832 g/mol. The Morgan fingerprint density at radius 1 is 0.812 bits per heavy atom. The van der Waals surface area contributed by atoms with Gasteiger partial charge in [-0.15, -0.1) is 34.9 Å². The normalized spacial score (nSPS) is 12.4. The first-order valence-corrected chi connectivity index (χ1v) is 17.6. The predicted octanol–water partition coefficient (Wildman–Crippen LogP) is 12.1. The molecule has 0 aliphatic rings. The number of hydrogen-bond acceptors (Lipinski definition) is 4. The summed E-state index contributed by atoms with van der Waals surface area (Å²) in [6.45, 7) is 12.1. The van der Waals surface area contributed by atoms with Crippen LogP contribution in [0.2, 0.25) is 0 Å². The first-order valence-electron chi connectivity index (χ1n) is 16.7. The van der Waals surface area contributed by atoms with Crippen LogP contribution in [0.1, 0.15) is 67.2 Å². The van der Waals surface area contributed by atoms with Crippen LogP contribution in [0.25, 0.3) is 58.7 Å². The van der Waals surface area contributed by atoms with Crippen molar-refractivity contribution in [3.63, 3.8) is 0 Å². The Balaban J connectivity index is 0.000000218. The van der Waals surface area contributed by atoms with Gasteiger partial charge in [0, 0.05) is 63.1 Å². The molecule has 48 heavy (non-hydrogen) atoms. The SMILES string of the molecule is CCC(C)(CC)C(=O)/C=C(\O)C(C)(CC)CC.[Ir].[c-]1ccc2c3c1c1nc4ccccc4cc1sc1cccc(c13)n2-c1ccccc1. The number of aromatic nitrogens is 2. The van der Waals surface area contributed by atoms with Crippen LogP contribution in [0, 0.1) is 16.9 Å². The van der Waals surface area contributed by atoms with Gasteiger partial charge in [0.1, 0.15) is 5.76 Å². The summed E-state index contributed by atoms with van der Waals surface area (Å²) in [5.41, 5.74) is 5.03. The molecule has 7 aromatic rings. The van der Waals surface area contributed by atoms with E-state index in [4.69, 9.17) is 4.98 Å². The van der Waals surface area contributed by atoms with Crippen LogP contribution in [-0.2, 0) is 24.9 Å². The quantitative estimate of drug-likeness (QED) is 0.0943. The van der Waals surface area contributed by atoms with Crippen molar-refractivity contribution < 1.29 is 30.0 Å². The Kier molecular flexibility index (Phi) is 10.6. The van der Waals surface area contributed by atoms with E-state index in [1.165, 1.54) is 48.4 Å². The van der Waals surface area contributed by atoms with E-state index < -0.39 is 0 Å². The number of rotatable bonds is 8. The zero-order chi connectivity index (χ0) is 33.3. The zero-order valence-corrected chi connectivity index (χ0v) is 31.8. The number of carbonyl (C=O) groups is 1. The van der Waals surface area contributed by atoms with Crippen LogP contribution in [-0.4, -0.2) is 20.4 Å². The molecule has 7 rings (SSSR count). The molecule has 0 fully saturated rings. The van der Waals surface area contributed by atoms with E-state index in [0.717, 1.165) is 42.1 Å². The Labute approximate surface area is 300 Å². The topological polar surface area (TPSA) is 55.1 Å². The third-order valence-electron chi connectivity index (χ3n) is 10.5. The number of hydrogen-bond donors (Lipinski definition) is 1. The van der Waals surface area contributed by atoms with Gasteiger partial charge in [-0.3, -0.25) is 9.78 Å². The van der Waals surface area contributed by atoms with E-state index in [0.29, 0.717) is 0 Å². The minimum absolute atomic E-state index is 0. The maximum Gasteiger partial charge on any atom is 0.164 e. The molecule has 0 atom stereocenters. The summed E-state index contributed by atoms with van der Waals surface area (Å²) in [7, 11) is 0. The van der Waals surface area contributed by atoms with Crippen LogP contribution in [0.3, 0.4) is 0 Å². The summed E-state index contributed by atoms with van der Waals surface area (Å²) in [5.74, 6) is 0.286. The summed E-state index contributed by atoms with van der Waals surface area (Å²) < 4.78 is 4.81. The van der Waals surface area contributed by atoms with Crippen molar-refractivity contribution in [3.05, 3.63) is 109 Å². The van der Waals surface area contributed by atoms with Crippen molar-refractivity contribution in [1.29, 1.82) is 0 Å². The number of pyridine rings is 1. The Bertz CT molecular complexity index is 2260. The smallest absolute Gasteiger partial charge is 0.164 e. The molecular weight excluding hydrogens is 789 g/mol. The van der Waals surface area contributed by atoms with Crippen molar-refractivity contribution >= 4 is 70.1 Å². The fourth-order valence-corrected chi connectivity index (χ4v) is 7.42. The van der Waals surface area contributed by atoms with Crippen molar-refractivity contribution in [2.45, 2.75) is 67.2 Å². The molecule has 0 aliphatic carbocycles. The Hall–Kier alpha value is -3.83. The van der Waals surface area contributed by atoms with Gasteiger partial charge < -0.3 is 9.67 Å². The molecule has 0 aliphatic heterocycles. The second-order valence-corrected chi connectivity index (χ2v) is 14.1. The summed E-state index contributed by atoms with van der Waals surface area (Å²) in [6, 6.07) is 35.5. The maximum absolute atomic E-state index is 12.2. The van der Waals surface area contributed by atoms with Crippen molar-refractivity contribution in [3.8, 4) is 5.69 Å². The third kappa shape index (κ3) is 6.22. The Morgan fingerprint density at radius 2 is 1.46 bits per heavy atom. The molecule has 4 nitrogen and oxygen atoms in total. The molecule has 0 unspecified atom stereocenters. The third-order valence-corrected chi connectivity index (χ3v) is 11.6. The van der Waals surface area contributed by atoms with Crippen LogP contribution in [0.5, 0.6) is 0 Å². The van der Waals surface area contributed by atoms with Crippen LogP contribution in [0.15, 0.2) is 103 Å². The van der Waals surface area contributed by atoms with Gasteiger partial charge in [-0.25, -0.2) is 0 Å². The summed E-state index contributed by atoms with van der Waals surface area (Å²) in [6.07, 6.45) is 4.75. The minimum Gasteiger partial charge on any atom is -0.512 e. The molecule has 0 saturated heterocycles. The number of para-hydroxylation sites is 2. The van der Waals surface area contributed by atoms with Crippen molar-refractivity contribution in [2.75, 3.05) is 0 Å². The van der Waals surface area contributed by atoms with Gasteiger partial charge in [0.15, 0.2) is 5.78 Å². The zero-order valence-electron chi connectivity index (χ0n) is 28.6. The second kappa shape index (κ2) is 14.3. The monoisotopic (exact) mass is 832 g/mol. The van der Waals surface area contributed by atoms with E-state index in [1.807, 2.05) is 58.9 Å². The largest absolute Gasteiger partial charge is 0.512 e. The maximum atomic E-state index is 12.2. The predicted molar refractivity (Wildman–Crippen MR) is 201 cm³/mol. The average Bonchev–Trinajstić information content (AvgIpc) is 3.39. The molecule has 4 aromatic carbocycles. The number of ketones is 1. The standard InChI is InChI=1S/C27H15N2S.C15H28O2.Ir/c1-2-9-18(10-3-1)29-21-13-6-11-19-25(21)26-22(29)14-7-15-23(26)30-24-16-17-8-4-5-12-20(17)28-27(19)24;1-7-14(5,8-2)12(16)11-13(17)15(6,9-3)10-4;/h1-10,12-16H;11,16H,7-10H2,1-6H3;/q-1;;/b;12-11-;. The van der Waals surface area contributed by atoms with Gasteiger partial charge in [-0.05, 0) is 78.4 Å². The van der Waals surface area contributed by atoms with E-state index in [9.17, 15) is 9.90 Å². The number of fused-ring (bicyclic) bond motifs is 3. The van der Waals surface area contributed by atoms with Gasteiger partial charge in [-0.2, -0.15) is 0 Å². The van der Waals surface area contributed by atoms with Crippen molar-refractivity contribution in [2.24, 2.45) is 10.8 Å². The molecule has 3 heterocycles. The molecule has 3 aromatic heterocycles. The number of carbonyl (C=O) groups excluding carboxylic acids is 1. The van der Waals surface area contributed by atoms with Crippen LogP contribution in [0.4, 0.5) is 0 Å². The first-order chi connectivity index (χ1) is 22.7. The van der Waals surface area contributed by atoms with Gasteiger partial charge in [0.05, 0.1) is 5.52 Å². The molecule has 0 bridgehead atoms. The number of benzene rings is 4.